The highest BCUT2D eigenvalue weighted by atomic mass is 32.2. The number of hydrogen-bond acceptors (Lipinski definition) is 8. The first kappa shape index (κ1) is 23.9. The molecule has 0 aliphatic carbocycles. The first-order valence-electron chi connectivity index (χ1n) is 11.4. The minimum atomic E-state index is -0.00754. The third kappa shape index (κ3) is 5.27. The molecule has 0 spiro atoms. The molecular weight excluding hydrogens is 450 g/mol. The molecule has 180 valence electrons. The van der Waals surface area contributed by atoms with Crippen molar-refractivity contribution in [3.05, 3.63) is 47.2 Å². The summed E-state index contributed by atoms with van der Waals surface area (Å²) in [5.74, 6) is 2.22. The van der Waals surface area contributed by atoms with Gasteiger partial charge < -0.3 is 20.1 Å². The lowest BCUT2D eigenvalue weighted by Gasteiger charge is -2.32. The third-order valence-electron chi connectivity index (χ3n) is 6.12. The summed E-state index contributed by atoms with van der Waals surface area (Å²) in [6.45, 7) is 7.78. The van der Waals surface area contributed by atoms with Crippen LogP contribution in [0.25, 0.3) is 0 Å². The van der Waals surface area contributed by atoms with Gasteiger partial charge in [-0.25, -0.2) is 4.99 Å². The molecule has 9 nitrogen and oxygen atoms in total. The number of benzene rings is 1. The lowest BCUT2D eigenvalue weighted by atomic mass is 9.98. The number of anilines is 1. The fourth-order valence-corrected chi connectivity index (χ4v) is 4.69. The number of amides is 1. The zero-order chi connectivity index (χ0) is 24.2. The van der Waals surface area contributed by atoms with E-state index in [2.05, 4.69) is 19.2 Å². The van der Waals surface area contributed by atoms with Crippen LogP contribution in [-0.4, -0.2) is 51.8 Å². The van der Waals surface area contributed by atoms with Gasteiger partial charge in [0.15, 0.2) is 5.82 Å². The molecule has 10 heteroatoms. The van der Waals surface area contributed by atoms with E-state index in [1.807, 2.05) is 50.9 Å². The van der Waals surface area contributed by atoms with Crippen LogP contribution in [-0.2, 0) is 11.8 Å². The number of ether oxygens (including phenoxy) is 1. The summed E-state index contributed by atoms with van der Waals surface area (Å²) in [4.78, 5) is 19.3. The van der Waals surface area contributed by atoms with Gasteiger partial charge in [-0.1, -0.05) is 6.07 Å². The first-order valence-corrected chi connectivity index (χ1v) is 12.1. The van der Waals surface area contributed by atoms with Crippen LogP contribution in [0.5, 0.6) is 5.75 Å². The van der Waals surface area contributed by atoms with Gasteiger partial charge in [0.1, 0.15) is 11.6 Å². The maximum atomic E-state index is 12.8. The predicted molar refractivity (Wildman–Crippen MR) is 138 cm³/mol. The number of aliphatic imine (C=N–C) groups is 1. The van der Waals surface area contributed by atoms with E-state index in [-0.39, 0.29) is 11.8 Å². The average Bonchev–Trinajstić information content (AvgIpc) is 3.07. The molecule has 4 rings (SSSR count). The molecular formula is C24H31N7O2S. The third-order valence-corrected chi connectivity index (χ3v) is 6.72. The van der Waals surface area contributed by atoms with Crippen LogP contribution in [0.15, 0.2) is 39.7 Å². The van der Waals surface area contributed by atoms with Crippen molar-refractivity contribution in [3.63, 3.8) is 0 Å². The summed E-state index contributed by atoms with van der Waals surface area (Å²) < 4.78 is 15.2. The second kappa shape index (κ2) is 10.3. The summed E-state index contributed by atoms with van der Waals surface area (Å²) in [5, 5.41) is 4.39. The van der Waals surface area contributed by atoms with Gasteiger partial charge in [-0.15, -0.1) is 0 Å². The van der Waals surface area contributed by atoms with Crippen LogP contribution in [0.2, 0.25) is 0 Å². The van der Waals surface area contributed by atoms with E-state index in [0.29, 0.717) is 24.7 Å². The number of carbonyl (C=O) groups excluding carboxylic acids is 1. The average molecular weight is 482 g/mol. The molecule has 3 heterocycles. The molecule has 1 saturated heterocycles. The summed E-state index contributed by atoms with van der Waals surface area (Å²) in [5.41, 5.74) is 10.5. The van der Waals surface area contributed by atoms with Crippen molar-refractivity contribution >= 4 is 41.1 Å². The van der Waals surface area contributed by atoms with E-state index < -0.39 is 0 Å². The molecule has 3 N–H and O–H groups in total. The lowest BCUT2D eigenvalue weighted by Crippen LogP contribution is -2.41. The number of nitrogens with two attached hydrogens (primary N) is 1. The highest BCUT2D eigenvalue weighted by molar-refractivity contribution is 7.99. The largest absolute Gasteiger partial charge is 0.492 e. The van der Waals surface area contributed by atoms with Crippen molar-refractivity contribution < 1.29 is 9.53 Å². The second-order valence-corrected chi connectivity index (χ2v) is 9.27. The minimum Gasteiger partial charge on any atom is -0.492 e. The Morgan fingerprint density at radius 2 is 2.21 bits per heavy atom. The lowest BCUT2D eigenvalue weighted by molar-refractivity contribution is -0.128. The minimum absolute atomic E-state index is 0.00754. The number of nitrogens with zero attached hydrogens (tertiary/aromatic N) is 5. The van der Waals surface area contributed by atoms with Crippen LogP contribution in [0.4, 0.5) is 11.5 Å². The Hall–Kier alpha value is -3.27. The van der Waals surface area contributed by atoms with E-state index >= 15 is 0 Å². The van der Waals surface area contributed by atoms with Crippen LogP contribution in [0.3, 0.4) is 0 Å². The Labute approximate surface area is 204 Å². The van der Waals surface area contributed by atoms with Crippen molar-refractivity contribution in [1.29, 1.82) is 0 Å². The van der Waals surface area contributed by atoms with Crippen molar-refractivity contribution in [3.8, 4) is 5.75 Å². The van der Waals surface area contributed by atoms with Gasteiger partial charge in [-0.05, 0) is 51.8 Å². The molecule has 0 radical (unpaired) electrons. The van der Waals surface area contributed by atoms with Crippen LogP contribution in [0.1, 0.15) is 36.6 Å². The van der Waals surface area contributed by atoms with E-state index in [4.69, 9.17) is 10.5 Å². The fourth-order valence-electron chi connectivity index (χ4n) is 4.19. The summed E-state index contributed by atoms with van der Waals surface area (Å²) >= 11 is 1.21. The van der Waals surface area contributed by atoms with Gasteiger partial charge in [0.05, 0.1) is 35.7 Å². The molecule has 0 saturated carbocycles. The second-order valence-electron chi connectivity index (χ2n) is 8.70. The van der Waals surface area contributed by atoms with Crippen LogP contribution in [0, 0.1) is 19.8 Å². The Morgan fingerprint density at radius 1 is 1.38 bits per heavy atom. The van der Waals surface area contributed by atoms with Crippen molar-refractivity contribution in [1.82, 2.24) is 14.7 Å². The fraction of sp³-hybridized carbons (Fsp3) is 0.417. The predicted octanol–water partition coefficient (Wildman–Crippen LogP) is 3.70. The van der Waals surface area contributed by atoms with E-state index in [9.17, 15) is 4.79 Å². The monoisotopic (exact) mass is 481 g/mol. The topological polar surface area (TPSA) is 110 Å². The van der Waals surface area contributed by atoms with Gasteiger partial charge in [-0.2, -0.15) is 9.50 Å². The number of fused-ring (bicyclic) bond motifs is 1. The maximum absolute atomic E-state index is 12.8. The number of amidine groups is 1. The molecule has 1 fully saturated rings. The number of rotatable bonds is 6. The molecule has 1 aromatic heterocycles. The first-order chi connectivity index (χ1) is 16.3. The van der Waals surface area contributed by atoms with E-state index in [1.165, 1.54) is 12.1 Å². The van der Waals surface area contributed by atoms with Gasteiger partial charge in [0, 0.05) is 43.4 Å². The zero-order valence-corrected chi connectivity index (χ0v) is 20.9. The molecule has 0 bridgehead atoms. The van der Waals surface area contributed by atoms with Gasteiger partial charge >= 0.3 is 0 Å². The van der Waals surface area contributed by atoms with E-state index in [0.717, 1.165) is 53.4 Å². The molecule has 1 aromatic carbocycles. The molecule has 2 aromatic rings. The SMILES string of the molecule is CC(/C=C/C(=O)N1CCC[C@H](COc2cccc3c2C(N)=NSN3)C1)=Nc1c(C)c(C)nn1C. The highest BCUT2D eigenvalue weighted by Gasteiger charge is 2.24. The Balaban J connectivity index is 1.35. The summed E-state index contributed by atoms with van der Waals surface area (Å²) in [6.07, 6.45) is 5.34. The number of aromatic nitrogens is 2. The number of piperidine rings is 1. The number of hydrogen-bond donors (Lipinski definition) is 2. The quantitative estimate of drug-likeness (QED) is 0.370. The van der Waals surface area contributed by atoms with Gasteiger partial charge in [0.2, 0.25) is 5.91 Å². The summed E-state index contributed by atoms with van der Waals surface area (Å²) in [7, 11) is 1.87. The number of nitrogens with one attached hydrogen (secondary N) is 1. The van der Waals surface area contributed by atoms with E-state index in [1.54, 1.807) is 16.8 Å². The molecule has 2 aliphatic rings. The molecule has 2 aliphatic heterocycles. The normalized spacial score (nSPS) is 18.5. The highest BCUT2D eigenvalue weighted by Crippen LogP contribution is 2.32. The van der Waals surface area contributed by atoms with Gasteiger partial charge in [0.25, 0.3) is 0 Å². The number of allylic oxidation sites excluding steroid dienone is 1. The molecule has 0 unspecified atom stereocenters. The Bertz CT molecular complexity index is 1170. The Morgan fingerprint density at radius 3 is 2.97 bits per heavy atom. The van der Waals surface area contributed by atoms with Crippen LogP contribution < -0.4 is 15.2 Å². The molecule has 1 atom stereocenters. The maximum Gasteiger partial charge on any atom is 0.246 e. The summed E-state index contributed by atoms with van der Waals surface area (Å²) in [6, 6.07) is 5.78. The molecule has 34 heavy (non-hydrogen) atoms. The molecule has 1 amide bonds. The number of aryl methyl sites for hydroxylation is 2. The number of likely N-dealkylation sites (tertiary alicyclic amines) is 1. The van der Waals surface area contributed by atoms with Gasteiger partial charge in [-0.3, -0.25) is 9.48 Å². The van der Waals surface area contributed by atoms with Crippen molar-refractivity contribution in [2.45, 2.75) is 33.6 Å². The van der Waals surface area contributed by atoms with Crippen molar-refractivity contribution in [2.24, 2.45) is 28.1 Å². The standard InChI is InChI=1S/C24H31N7O2S/c1-15(26-24-16(2)17(3)27-30(24)4)10-11-21(32)31-12-6-7-18(13-31)14-33-20-9-5-8-19-22(20)23(25)29-34-28-19/h5,8-11,18,28H,6-7,12-14H2,1-4H3,(H2,25,29)/b11-10+,26-15?/t18-/m0/s1. The number of carbonyl (C=O) groups is 1. The van der Waals surface area contributed by atoms with Crippen molar-refractivity contribution in [2.75, 3.05) is 24.4 Å². The zero-order valence-electron chi connectivity index (χ0n) is 20.0. The Kier molecular flexibility index (Phi) is 7.26. The smallest absolute Gasteiger partial charge is 0.246 e. The van der Waals surface area contributed by atoms with Crippen LogP contribution >= 0.6 is 12.1 Å².